The Kier molecular flexibility index (Phi) is 7.47. The van der Waals surface area contributed by atoms with Crippen molar-refractivity contribution in [3.63, 3.8) is 0 Å². The molecule has 2 heteroatoms. The first-order chi connectivity index (χ1) is 7.74. The lowest BCUT2D eigenvalue weighted by molar-refractivity contribution is 0.168. The summed E-state index contributed by atoms with van der Waals surface area (Å²) in [7, 11) is 2.31. The third-order valence-electron chi connectivity index (χ3n) is 4.00. The van der Waals surface area contributed by atoms with Crippen molar-refractivity contribution < 1.29 is 0 Å². The van der Waals surface area contributed by atoms with Crippen molar-refractivity contribution in [2.24, 2.45) is 5.92 Å². The van der Waals surface area contributed by atoms with Crippen LogP contribution in [0.1, 0.15) is 58.3 Å². The smallest absolute Gasteiger partial charge is 0.0223 e. The van der Waals surface area contributed by atoms with E-state index >= 15 is 0 Å². The third kappa shape index (κ3) is 5.54. The molecule has 0 aromatic rings. The molecular formula is C14H28ClN. The SMILES string of the molecule is CC1CCC(N(C)CCCCCCCl)CC1. The average molecular weight is 246 g/mol. The minimum absolute atomic E-state index is 0.830. The number of nitrogens with zero attached hydrogens (tertiary/aromatic N) is 1. The van der Waals surface area contributed by atoms with Gasteiger partial charge in [-0.1, -0.05) is 19.8 Å². The van der Waals surface area contributed by atoms with Crippen LogP contribution in [-0.4, -0.2) is 30.4 Å². The predicted octanol–water partition coefficient (Wildman–Crippen LogP) is 4.30. The molecule has 0 amide bonds. The molecule has 1 nitrogen and oxygen atoms in total. The van der Waals surface area contributed by atoms with Crippen LogP contribution < -0.4 is 0 Å². The van der Waals surface area contributed by atoms with Crippen molar-refractivity contribution in [3.05, 3.63) is 0 Å². The number of alkyl halides is 1. The maximum atomic E-state index is 5.67. The van der Waals surface area contributed by atoms with Gasteiger partial charge in [0.05, 0.1) is 0 Å². The Hall–Kier alpha value is 0.250. The highest BCUT2D eigenvalue weighted by Gasteiger charge is 2.20. The van der Waals surface area contributed by atoms with E-state index in [1.54, 1.807) is 0 Å². The van der Waals surface area contributed by atoms with Crippen LogP contribution in [0, 0.1) is 5.92 Å². The first-order valence-electron chi connectivity index (χ1n) is 7.00. The second-order valence-electron chi connectivity index (χ2n) is 5.50. The topological polar surface area (TPSA) is 3.24 Å². The highest BCUT2D eigenvalue weighted by atomic mass is 35.5. The molecule has 0 aromatic heterocycles. The number of hydrogen-bond acceptors (Lipinski definition) is 1. The van der Waals surface area contributed by atoms with Crippen LogP contribution in [-0.2, 0) is 0 Å². The number of halogens is 1. The van der Waals surface area contributed by atoms with Gasteiger partial charge in [-0.3, -0.25) is 0 Å². The van der Waals surface area contributed by atoms with Gasteiger partial charge in [-0.25, -0.2) is 0 Å². The molecule has 0 unspecified atom stereocenters. The van der Waals surface area contributed by atoms with E-state index in [0.29, 0.717) is 0 Å². The fourth-order valence-electron chi connectivity index (χ4n) is 2.68. The summed E-state index contributed by atoms with van der Waals surface area (Å²) < 4.78 is 0. The molecule has 0 bridgehead atoms. The maximum absolute atomic E-state index is 5.67. The summed E-state index contributed by atoms with van der Waals surface area (Å²) in [6.45, 7) is 3.67. The van der Waals surface area contributed by atoms with Gasteiger partial charge in [0.15, 0.2) is 0 Å². The minimum atomic E-state index is 0.830. The molecule has 1 aliphatic rings. The second kappa shape index (κ2) is 8.36. The normalized spacial score (nSPS) is 26.2. The molecule has 0 spiro atoms. The Balaban J connectivity index is 2.03. The first kappa shape index (κ1) is 14.3. The van der Waals surface area contributed by atoms with Gasteiger partial charge >= 0.3 is 0 Å². The Morgan fingerprint density at radius 2 is 1.62 bits per heavy atom. The molecule has 0 N–H and O–H groups in total. The Morgan fingerprint density at radius 3 is 2.25 bits per heavy atom. The Labute approximate surface area is 107 Å². The van der Waals surface area contributed by atoms with E-state index in [1.807, 2.05) is 0 Å². The monoisotopic (exact) mass is 245 g/mol. The van der Waals surface area contributed by atoms with Gasteiger partial charge in [-0.05, 0) is 58.0 Å². The van der Waals surface area contributed by atoms with Crippen LogP contribution in [0.5, 0.6) is 0 Å². The van der Waals surface area contributed by atoms with Crippen molar-refractivity contribution >= 4 is 11.6 Å². The number of hydrogen-bond donors (Lipinski definition) is 0. The van der Waals surface area contributed by atoms with E-state index in [-0.39, 0.29) is 0 Å². The molecule has 0 heterocycles. The minimum Gasteiger partial charge on any atom is -0.303 e. The molecule has 1 rings (SSSR count). The lowest BCUT2D eigenvalue weighted by Crippen LogP contribution is -2.35. The highest BCUT2D eigenvalue weighted by molar-refractivity contribution is 6.17. The summed E-state index contributed by atoms with van der Waals surface area (Å²) in [5.74, 6) is 1.80. The predicted molar refractivity (Wildman–Crippen MR) is 73.2 cm³/mol. The quantitative estimate of drug-likeness (QED) is 0.478. The van der Waals surface area contributed by atoms with Gasteiger partial charge in [0.25, 0.3) is 0 Å². The Morgan fingerprint density at radius 1 is 1.00 bits per heavy atom. The highest BCUT2D eigenvalue weighted by Crippen LogP contribution is 2.26. The molecule has 0 aromatic carbocycles. The molecule has 0 saturated heterocycles. The standard InChI is InChI=1S/C14H28ClN/c1-13-7-9-14(10-8-13)16(2)12-6-4-3-5-11-15/h13-14H,3-12H2,1-2H3. The molecule has 1 aliphatic carbocycles. The molecule has 1 fully saturated rings. The van der Waals surface area contributed by atoms with Gasteiger partial charge in [-0.15, -0.1) is 11.6 Å². The molecule has 0 aliphatic heterocycles. The van der Waals surface area contributed by atoms with Crippen LogP contribution >= 0.6 is 11.6 Å². The summed E-state index contributed by atoms with van der Waals surface area (Å²) in [6.07, 6.45) is 10.9. The van der Waals surface area contributed by atoms with Crippen molar-refractivity contribution in [1.82, 2.24) is 4.90 Å². The van der Waals surface area contributed by atoms with Crippen LogP contribution in [0.3, 0.4) is 0 Å². The van der Waals surface area contributed by atoms with Gasteiger partial charge in [0.2, 0.25) is 0 Å². The summed E-state index contributed by atoms with van der Waals surface area (Å²) >= 11 is 5.67. The van der Waals surface area contributed by atoms with Crippen molar-refractivity contribution in [3.8, 4) is 0 Å². The molecular weight excluding hydrogens is 218 g/mol. The third-order valence-corrected chi connectivity index (χ3v) is 4.27. The number of unbranched alkanes of at least 4 members (excludes halogenated alkanes) is 3. The molecule has 0 atom stereocenters. The van der Waals surface area contributed by atoms with Crippen molar-refractivity contribution in [2.75, 3.05) is 19.5 Å². The van der Waals surface area contributed by atoms with E-state index in [4.69, 9.17) is 11.6 Å². The largest absolute Gasteiger partial charge is 0.303 e. The van der Waals surface area contributed by atoms with Crippen LogP contribution in [0.4, 0.5) is 0 Å². The molecule has 1 saturated carbocycles. The molecule has 96 valence electrons. The maximum Gasteiger partial charge on any atom is 0.0223 e. The van der Waals surface area contributed by atoms with E-state index in [1.165, 1.54) is 57.9 Å². The van der Waals surface area contributed by atoms with E-state index in [2.05, 4.69) is 18.9 Å². The lowest BCUT2D eigenvalue weighted by atomic mass is 9.87. The Bertz CT molecular complexity index is 164. The zero-order valence-electron chi connectivity index (χ0n) is 11.1. The summed E-state index contributed by atoms with van der Waals surface area (Å²) in [6, 6.07) is 0.865. The average Bonchev–Trinajstić information content (AvgIpc) is 2.29. The molecule has 0 radical (unpaired) electrons. The fraction of sp³-hybridized carbons (Fsp3) is 1.00. The zero-order chi connectivity index (χ0) is 11.8. The summed E-state index contributed by atoms with van der Waals surface area (Å²) in [4.78, 5) is 2.59. The summed E-state index contributed by atoms with van der Waals surface area (Å²) in [5.41, 5.74) is 0. The van der Waals surface area contributed by atoms with Crippen LogP contribution in [0.15, 0.2) is 0 Å². The fourth-order valence-corrected chi connectivity index (χ4v) is 2.86. The first-order valence-corrected chi connectivity index (χ1v) is 7.53. The van der Waals surface area contributed by atoms with E-state index in [9.17, 15) is 0 Å². The molecule has 16 heavy (non-hydrogen) atoms. The lowest BCUT2D eigenvalue weighted by Gasteiger charge is -2.33. The zero-order valence-corrected chi connectivity index (χ0v) is 11.8. The van der Waals surface area contributed by atoms with Crippen molar-refractivity contribution in [2.45, 2.75) is 64.3 Å². The van der Waals surface area contributed by atoms with Gasteiger partial charge in [-0.2, -0.15) is 0 Å². The van der Waals surface area contributed by atoms with Crippen LogP contribution in [0.2, 0.25) is 0 Å². The van der Waals surface area contributed by atoms with Gasteiger partial charge < -0.3 is 4.90 Å². The van der Waals surface area contributed by atoms with E-state index < -0.39 is 0 Å². The van der Waals surface area contributed by atoms with Gasteiger partial charge in [0, 0.05) is 11.9 Å². The second-order valence-corrected chi connectivity index (χ2v) is 5.88. The number of rotatable bonds is 7. The van der Waals surface area contributed by atoms with Crippen LogP contribution in [0.25, 0.3) is 0 Å². The van der Waals surface area contributed by atoms with Crippen molar-refractivity contribution in [1.29, 1.82) is 0 Å². The van der Waals surface area contributed by atoms with E-state index in [0.717, 1.165) is 17.8 Å². The van der Waals surface area contributed by atoms with Gasteiger partial charge in [0.1, 0.15) is 0 Å². The summed E-state index contributed by atoms with van der Waals surface area (Å²) in [5, 5.41) is 0.